The number of aliphatic hydroxyl groups is 1. The molecule has 2 aromatic rings. The van der Waals surface area contributed by atoms with Crippen LogP contribution in [0.25, 0.3) is 0 Å². The standard InChI is InChI=1S/C20H18O5/c1-20(23)8-11-6-7-16-18(17(11)14(21)9-20)19(22)12-4-3-5-15(24-2)13(12)10-25-16/h3-7,23H,8-10H2,1-2H3/t20-/m0/s1. The van der Waals surface area contributed by atoms with E-state index in [9.17, 15) is 14.7 Å². The molecule has 0 saturated carbocycles. The number of ketones is 2. The summed E-state index contributed by atoms with van der Waals surface area (Å²) >= 11 is 0. The van der Waals surface area contributed by atoms with Crippen molar-refractivity contribution in [1.29, 1.82) is 0 Å². The molecule has 128 valence electrons. The van der Waals surface area contributed by atoms with E-state index in [0.29, 0.717) is 45.7 Å². The monoisotopic (exact) mass is 338 g/mol. The van der Waals surface area contributed by atoms with E-state index in [1.165, 1.54) is 0 Å². The predicted octanol–water partition coefficient (Wildman–Crippen LogP) is 2.70. The highest BCUT2D eigenvalue weighted by atomic mass is 16.5. The number of carbonyl (C=O) groups excluding carboxylic acids is 2. The smallest absolute Gasteiger partial charge is 0.198 e. The highest BCUT2D eigenvalue weighted by Gasteiger charge is 2.38. The van der Waals surface area contributed by atoms with Crippen LogP contribution in [0.15, 0.2) is 30.3 Å². The minimum Gasteiger partial charge on any atom is -0.496 e. The normalized spacial score (nSPS) is 21.6. The molecule has 4 rings (SSSR count). The molecule has 25 heavy (non-hydrogen) atoms. The number of methoxy groups -OCH3 is 1. The Morgan fingerprint density at radius 2 is 1.92 bits per heavy atom. The Bertz CT molecular complexity index is 911. The topological polar surface area (TPSA) is 72.8 Å². The lowest BCUT2D eigenvalue weighted by Gasteiger charge is -2.30. The zero-order chi connectivity index (χ0) is 17.8. The Morgan fingerprint density at radius 1 is 1.12 bits per heavy atom. The van der Waals surface area contributed by atoms with Crippen LogP contribution in [0, 0.1) is 0 Å². The molecule has 5 heteroatoms. The molecule has 1 heterocycles. The van der Waals surface area contributed by atoms with E-state index in [1.807, 2.05) is 0 Å². The first kappa shape index (κ1) is 15.8. The fourth-order valence-corrected chi connectivity index (χ4v) is 3.75. The quantitative estimate of drug-likeness (QED) is 0.865. The van der Waals surface area contributed by atoms with Crippen LogP contribution >= 0.6 is 0 Å². The maximum atomic E-state index is 13.2. The zero-order valence-corrected chi connectivity index (χ0v) is 14.1. The SMILES string of the molecule is COc1cccc2c1COc1ccc3c(c1C2=O)C(=O)C[C@@](C)(O)C3. The minimum absolute atomic E-state index is 0.00526. The van der Waals surface area contributed by atoms with Crippen molar-refractivity contribution in [3.05, 3.63) is 58.1 Å². The molecule has 0 unspecified atom stereocenters. The van der Waals surface area contributed by atoms with Crippen molar-refractivity contribution in [2.75, 3.05) is 7.11 Å². The third kappa shape index (κ3) is 2.43. The number of rotatable bonds is 1. The molecule has 1 N–H and O–H groups in total. The summed E-state index contributed by atoms with van der Waals surface area (Å²) in [5.74, 6) is 0.512. The second-order valence-electron chi connectivity index (χ2n) is 6.85. The summed E-state index contributed by atoms with van der Waals surface area (Å²) in [6, 6.07) is 8.73. The summed E-state index contributed by atoms with van der Waals surface area (Å²) < 4.78 is 11.2. The largest absolute Gasteiger partial charge is 0.496 e. The summed E-state index contributed by atoms with van der Waals surface area (Å²) in [6.07, 6.45) is 0.328. The van der Waals surface area contributed by atoms with Crippen LogP contribution in [0.4, 0.5) is 0 Å². The first-order valence-corrected chi connectivity index (χ1v) is 8.16. The Kier molecular flexibility index (Phi) is 3.44. The molecule has 5 nitrogen and oxygen atoms in total. The molecule has 0 saturated heterocycles. The van der Waals surface area contributed by atoms with Gasteiger partial charge in [0.05, 0.1) is 18.3 Å². The molecule has 1 aliphatic heterocycles. The van der Waals surface area contributed by atoms with E-state index in [-0.39, 0.29) is 24.6 Å². The van der Waals surface area contributed by atoms with Gasteiger partial charge in [-0.2, -0.15) is 0 Å². The van der Waals surface area contributed by atoms with Gasteiger partial charge in [0.15, 0.2) is 11.6 Å². The second-order valence-corrected chi connectivity index (χ2v) is 6.85. The second kappa shape index (κ2) is 5.43. The van der Waals surface area contributed by atoms with Gasteiger partial charge in [0.25, 0.3) is 0 Å². The van der Waals surface area contributed by atoms with Gasteiger partial charge >= 0.3 is 0 Å². The Labute approximate surface area is 145 Å². The van der Waals surface area contributed by atoms with Crippen LogP contribution in [-0.4, -0.2) is 29.4 Å². The average molecular weight is 338 g/mol. The van der Waals surface area contributed by atoms with Gasteiger partial charge in [-0.25, -0.2) is 0 Å². The zero-order valence-electron chi connectivity index (χ0n) is 14.1. The predicted molar refractivity (Wildman–Crippen MR) is 90.5 cm³/mol. The lowest BCUT2D eigenvalue weighted by Crippen LogP contribution is -2.36. The molecule has 1 aliphatic carbocycles. The summed E-state index contributed by atoms with van der Waals surface area (Å²) in [7, 11) is 1.55. The fraction of sp³-hybridized carbons (Fsp3) is 0.300. The van der Waals surface area contributed by atoms with Crippen molar-refractivity contribution >= 4 is 11.6 Å². The third-order valence-electron chi connectivity index (χ3n) is 4.84. The molecular formula is C20H18O5. The summed E-state index contributed by atoms with van der Waals surface area (Å²) in [5, 5.41) is 10.3. The highest BCUT2D eigenvalue weighted by molar-refractivity contribution is 6.19. The highest BCUT2D eigenvalue weighted by Crippen LogP contribution is 2.39. The van der Waals surface area contributed by atoms with E-state index in [0.717, 1.165) is 0 Å². The molecule has 0 aromatic heterocycles. The first-order valence-electron chi connectivity index (χ1n) is 8.16. The van der Waals surface area contributed by atoms with Crippen LogP contribution in [0.5, 0.6) is 11.5 Å². The van der Waals surface area contributed by atoms with Gasteiger partial charge in [0.2, 0.25) is 0 Å². The van der Waals surface area contributed by atoms with E-state index in [4.69, 9.17) is 9.47 Å². The van der Waals surface area contributed by atoms with E-state index >= 15 is 0 Å². The molecule has 1 atom stereocenters. The lowest BCUT2D eigenvalue weighted by atomic mass is 9.77. The van der Waals surface area contributed by atoms with Gasteiger partial charge in [-0.3, -0.25) is 9.59 Å². The summed E-state index contributed by atoms with van der Waals surface area (Å²) in [6.45, 7) is 1.83. The molecule has 0 spiro atoms. The molecular weight excluding hydrogens is 320 g/mol. The third-order valence-corrected chi connectivity index (χ3v) is 4.84. The number of benzene rings is 2. The number of carbonyl (C=O) groups is 2. The van der Waals surface area contributed by atoms with Crippen molar-refractivity contribution < 1.29 is 24.2 Å². The maximum absolute atomic E-state index is 13.2. The van der Waals surface area contributed by atoms with Crippen molar-refractivity contribution in [3.8, 4) is 11.5 Å². The van der Waals surface area contributed by atoms with Crippen molar-refractivity contribution in [2.24, 2.45) is 0 Å². The van der Waals surface area contributed by atoms with Crippen LogP contribution < -0.4 is 9.47 Å². The molecule has 0 radical (unpaired) electrons. The fourth-order valence-electron chi connectivity index (χ4n) is 3.75. The van der Waals surface area contributed by atoms with Crippen LogP contribution in [0.1, 0.15) is 50.8 Å². The van der Waals surface area contributed by atoms with Crippen LogP contribution in [-0.2, 0) is 13.0 Å². The maximum Gasteiger partial charge on any atom is 0.198 e. The van der Waals surface area contributed by atoms with Crippen molar-refractivity contribution in [1.82, 2.24) is 0 Å². The summed E-state index contributed by atoms with van der Waals surface area (Å²) in [5.41, 5.74) is 1.43. The van der Waals surface area contributed by atoms with E-state index in [2.05, 4.69) is 0 Å². The number of hydrogen-bond acceptors (Lipinski definition) is 5. The van der Waals surface area contributed by atoms with Gasteiger partial charge in [0, 0.05) is 29.5 Å². The lowest BCUT2D eigenvalue weighted by molar-refractivity contribution is 0.0408. The van der Waals surface area contributed by atoms with Gasteiger partial charge in [-0.1, -0.05) is 18.2 Å². The number of fused-ring (bicyclic) bond motifs is 4. The van der Waals surface area contributed by atoms with Gasteiger partial charge in [-0.05, 0) is 24.6 Å². The van der Waals surface area contributed by atoms with Crippen LogP contribution in [0.3, 0.4) is 0 Å². The minimum atomic E-state index is -1.09. The number of hydrogen-bond donors (Lipinski definition) is 1. The molecule has 0 bridgehead atoms. The average Bonchev–Trinajstić information content (AvgIpc) is 2.71. The van der Waals surface area contributed by atoms with Crippen molar-refractivity contribution in [3.63, 3.8) is 0 Å². The van der Waals surface area contributed by atoms with Gasteiger partial charge in [0.1, 0.15) is 18.1 Å². The van der Waals surface area contributed by atoms with Gasteiger partial charge in [-0.15, -0.1) is 0 Å². The number of ether oxygens (including phenoxy) is 2. The van der Waals surface area contributed by atoms with Crippen molar-refractivity contribution in [2.45, 2.75) is 32.0 Å². The van der Waals surface area contributed by atoms with Crippen LogP contribution in [0.2, 0.25) is 0 Å². The molecule has 2 aliphatic rings. The van der Waals surface area contributed by atoms with Gasteiger partial charge < -0.3 is 14.6 Å². The Morgan fingerprint density at radius 3 is 2.68 bits per heavy atom. The van der Waals surface area contributed by atoms with E-state index < -0.39 is 5.60 Å². The summed E-state index contributed by atoms with van der Waals surface area (Å²) in [4.78, 5) is 25.9. The molecule has 0 fully saturated rings. The number of Topliss-reactive ketones (excluding diaryl/α,β-unsaturated/α-hetero) is 1. The Hall–Kier alpha value is -2.66. The molecule has 2 aromatic carbocycles. The molecule has 0 amide bonds. The van der Waals surface area contributed by atoms with E-state index in [1.54, 1.807) is 44.4 Å². The Balaban J connectivity index is 1.94. The first-order chi connectivity index (χ1) is 11.9.